The van der Waals surface area contributed by atoms with E-state index in [2.05, 4.69) is 33.2 Å². The standard InChI is InChI=1S/C15H23BrN2O2/c1-18-8-6-12(7-9-18)17-10-13(19)11-20-15-5-3-2-4-14(15)16/h2-5,12-13,17,19H,6-11H2,1H3. The molecule has 0 radical (unpaired) electrons. The number of nitrogens with zero attached hydrogens (tertiary/aromatic N) is 1. The average molecular weight is 343 g/mol. The Hall–Kier alpha value is -0.620. The number of aliphatic hydroxyl groups is 1. The zero-order valence-corrected chi connectivity index (χ0v) is 13.5. The lowest BCUT2D eigenvalue weighted by Crippen LogP contribution is -2.44. The van der Waals surface area contributed by atoms with Crippen LogP contribution in [0.15, 0.2) is 28.7 Å². The largest absolute Gasteiger partial charge is 0.490 e. The van der Waals surface area contributed by atoms with Gasteiger partial charge in [0.15, 0.2) is 0 Å². The summed E-state index contributed by atoms with van der Waals surface area (Å²) in [7, 11) is 2.15. The molecule has 0 amide bonds. The first-order chi connectivity index (χ1) is 9.65. The van der Waals surface area contributed by atoms with Crippen LogP contribution >= 0.6 is 15.9 Å². The molecule has 0 aliphatic carbocycles. The molecule has 0 saturated carbocycles. The number of para-hydroxylation sites is 1. The predicted octanol–water partition coefficient (Wildman–Crippen LogP) is 1.87. The van der Waals surface area contributed by atoms with Gasteiger partial charge in [-0.25, -0.2) is 0 Å². The van der Waals surface area contributed by atoms with Crippen LogP contribution in [0, 0.1) is 0 Å². The smallest absolute Gasteiger partial charge is 0.133 e. The van der Waals surface area contributed by atoms with Gasteiger partial charge >= 0.3 is 0 Å². The third kappa shape index (κ3) is 5.05. The molecule has 1 atom stereocenters. The summed E-state index contributed by atoms with van der Waals surface area (Å²) in [5.41, 5.74) is 0. The lowest BCUT2D eigenvalue weighted by atomic mass is 10.1. The van der Waals surface area contributed by atoms with Crippen molar-refractivity contribution in [2.24, 2.45) is 0 Å². The summed E-state index contributed by atoms with van der Waals surface area (Å²) < 4.78 is 6.52. The van der Waals surface area contributed by atoms with Crippen LogP contribution in [0.5, 0.6) is 5.75 Å². The number of hydrogen-bond acceptors (Lipinski definition) is 4. The zero-order valence-electron chi connectivity index (χ0n) is 11.9. The van der Waals surface area contributed by atoms with Gasteiger partial charge in [0, 0.05) is 12.6 Å². The molecule has 1 heterocycles. The number of halogens is 1. The van der Waals surface area contributed by atoms with Gasteiger partial charge in [-0.15, -0.1) is 0 Å². The number of ether oxygens (including phenoxy) is 1. The lowest BCUT2D eigenvalue weighted by molar-refractivity contribution is 0.0992. The number of rotatable bonds is 6. The van der Waals surface area contributed by atoms with Crippen LogP contribution < -0.4 is 10.1 Å². The maximum atomic E-state index is 9.97. The molecule has 1 aromatic rings. The molecule has 0 bridgehead atoms. The van der Waals surface area contributed by atoms with Gasteiger partial charge < -0.3 is 20.1 Å². The van der Waals surface area contributed by atoms with Crippen LogP contribution in [-0.4, -0.2) is 55.4 Å². The van der Waals surface area contributed by atoms with E-state index in [0.717, 1.165) is 36.2 Å². The first-order valence-corrected chi connectivity index (χ1v) is 7.92. The number of likely N-dealkylation sites (tertiary alicyclic amines) is 1. The van der Waals surface area contributed by atoms with E-state index in [0.29, 0.717) is 19.2 Å². The van der Waals surface area contributed by atoms with Crippen molar-refractivity contribution < 1.29 is 9.84 Å². The molecule has 1 aliphatic rings. The number of nitrogens with one attached hydrogen (secondary N) is 1. The second kappa shape index (κ2) is 7.98. The Balaban J connectivity index is 1.65. The molecule has 1 unspecified atom stereocenters. The first-order valence-electron chi connectivity index (χ1n) is 7.12. The number of piperidine rings is 1. The van der Waals surface area contributed by atoms with E-state index in [1.165, 1.54) is 0 Å². The van der Waals surface area contributed by atoms with E-state index in [1.807, 2.05) is 24.3 Å². The van der Waals surface area contributed by atoms with Crippen molar-refractivity contribution in [3.8, 4) is 5.75 Å². The van der Waals surface area contributed by atoms with Crippen molar-refractivity contribution in [2.75, 3.05) is 33.3 Å². The van der Waals surface area contributed by atoms with Crippen molar-refractivity contribution in [1.29, 1.82) is 0 Å². The van der Waals surface area contributed by atoms with Gasteiger partial charge in [0.05, 0.1) is 4.47 Å². The van der Waals surface area contributed by atoms with Crippen LogP contribution in [0.2, 0.25) is 0 Å². The van der Waals surface area contributed by atoms with E-state index in [1.54, 1.807) is 0 Å². The fourth-order valence-electron chi connectivity index (χ4n) is 2.32. The molecule has 2 N–H and O–H groups in total. The van der Waals surface area contributed by atoms with E-state index in [-0.39, 0.29) is 0 Å². The number of aliphatic hydroxyl groups excluding tert-OH is 1. The molecule has 1 aliphatic heterocycles. The summed E-state index contributed by atoms with van der Waals surface area (Å²) in [6.45, 7) is 3.14. The minimum absolute atomic E-state index is 0.308. The third-order valence-electron chi connectivity index (χ3n) is 3.63. The van der Waals surface area contributed by atoms with Crippen LogP contribution in [0.3, 0.4) is 0 Å². The molecular formula is C15H23BrN2O2. The SMILES string of the molecule is CN1CCC(NCC(O)COc2ccccc2Br)CC1. The fourth-order valence-corrected chi connectivity index (χ4v) is 2.72. The Bertz CT molecular complexity index is 409. The van der Waals surface area contributed by atoms with Gasteiger partial charge in [-0.1, -0.05) is 12.1 Å². The number of hydrogen-bond donors (Lipinski definition) is 2. The normalized spacial score (nSPS) is 18.9. The molecule has 0 spiro atoms. The maximum absolute atomic E-state index is 9.97. The van der Waals surface area contributed by atoms with Gasteiger partial charge in [-0.3, -0.25) is 0 Å². The summed E-state index contributed by atoms with van der Waals surface area (Å²) in [5.74, 6) is 0.769. The molecule has 1 saturated heterocycles. The molecule has 5 heteroatoms. The molecule has 20 heavy (non-hydrogen) atoms. The second-order valence-corrected chi connectivity index (χ2v) is 6.24. The van der Waals surface area contributed by atoms with Gasteiger partial charge in [-0.05, 0) is 61.0 Å². The highest BCUT2D eigenvalue weighted by molar-refractivity contribution is 9.10. The highest BCUT2D eigenvalue weighted by Gasteiger charge is 2.17. The lowest BCUT2D eigenvalue weighted by Gasteiger charge is -2.30. The van der Waals surface area contributed by atoms with Gasteiger partial charge in [0.25, 0.3) is 0 Å². The zero-order chi connectivity index (χ0) is 14.4. The van der Waals surface area contributed by atoms with E-state index < -0.39 is 6.10 Å². The fraction of sp³-hybridized carbons (Fsp3) is 0.600. The minimum Gasteiger partial charge on any atom is -0.490 e. The molecule has 1 fully saturated rings. The molecular weight excluding hydrogens is 320 g/mol. The topological polar surface area (TPSA) is 44.7 Å². The predicted molar refractivity (Wildman–Crippen MR) is 84.2 cm³/mol. The van der Waals surface area contributed by atoms with Crippen molar-refractivity contribution in [3.05, 3.63) is 28.7 Å². The third-order valence-corrected chi connectivity index (χ3v) is 4.28. The quantitative estimate of drug-likeness (QED) is 0.828. The molecule has 2 rings (SSSR count). The first kappa shape index (κ1) is 15.8. The summed E-state index contributed by atoms with van der Waals surface area (Å²) >= 11 is 3.43. The molecule has 112 valence electrons. The second-order valence-electron chi connectivity index (χ2n) is 5.38. The van der Waals surface area contributed by atoms with Crippen LogP contribution in [0.1, 0.15) is 12.8 Å². The maximum Gasteiger partial charge on any atom is 0.133 e. The Kier molecular flexibility index (Phi) is 6.29. The Morgan fingerprint density at radius 2 is 2.10 bits per heavy atom. The molecule has 1 aromatic carbocycles. The van der Waals surface area contributed by atoms with Gasteiger partial charge in [-0.2, -0.15) is 0 Å². The number of benzene rings is 1. The van der Waals surface area contributed by atoms with Crippen molar-refractivity contribution in [1.82, 2.24) is 10.2 Å². The Morgan fingerprint density at radius 3 is 2.80 bits per heavy atom. The van der Waals surface area contributed by atoms with Crippen molar-refractivity contribution in [3.63, 3.8) is 0 Å². The van der Waals surface area contributed by atoms with E-state index in [4.69, 9.17) is 4.74 Å². The highest BCUT2D eigenvalue weighted by atomic mass is 79.9. The average Bonchev–Trinajstić information content (AvgIpc) is 2.46. The summed E-state index contributed by atoms with van der Waals surface area (Å²) in [6.07, 6.45) is 1.81. The van der Waals surface area contributed by atoms with Crippen LogP contribution in [0.25, 0.3) is 0 Å². The van der Waals surface area contributed by atoms with Crippen molar-refractivity contribution in [2.45, 2.75) is 25.0 Å². The summed E-state index contributed by atoms with van der Waals surface area (Å²) in [6, 6.07) is 8.20. The summed E-state index contributed by atoms with van der Waals surface area (Å²) in [4.78, 5) is 2.34. The molecule has 4 nitrogen and oxygen atoms in total. The van der Waals surface area contributed by atoms with E-state index in [9.17, 15) is 5.11 Å². The monoisotopic (exact) mass is 342 g/mol. The molecule has 0 aromatic heterocycles. The van der Waals surface area contributed by atoms with Gasteiger partial charge in [0.1, 0.15) is 18.5 Å². The van der Waals surface area contributed by atoms with Crippen molar-refractivity contribution >= 4 is 15.9 Å². The highest BCUT2D eigenvalue weighted by Crippen LogP contribution is 2.23. The van der Waals surface area contributed by atoms with Crippen LogP contribution in [-0.2, 0) is 0 Å². The van der Waals surface area contributed by atoms with Crippen LogP contribution in [0.4, 0.5) is 0 Å². The van der Waals surface area contributed by atoms with E-state index >= 15 is 0 Å². The van der Waals surface area contributed by atoms with Gasteiger partial charge in [0.2, 0.25) is 0 Å². The Labute approximate surface area is 129 Å². The summed E-state index contributed by atoms with van der Waals surface area (Å²) in [5, 5.41) is 13.4. The Morgan fingerprint density at radius 1 is 1.40 bits per heavy atom. The minimum atomic E-state index is -0.484.